The Morgan fingerprint density at radius 1 is 1.53 bits per heavy atom. The number of aromatic nitrogens is 1. The molecule has 1 heterocycles. The van der Waals surface area contributed by atoms with Gasteiger partial charge >= 0.3 is 0 Å². The fourth-order valence-corrected chi connectivity index (χ4v) is 2.97. The van der Waals surface area contributed by atoms with Crippen LogP contribution in [0.15, 0.2) is 6.20 Å². The van der Waals surface area contributed by atoms with Gasteiger partial charge in [0.2, 0.25) is 0 Å². The van der Waals surface area contributed by atoms with Crippen molar-refractivity contribution in [1.82, 2.24) is 15.6 Å². The van der Waals surface area contributed by atoms with Crippen molar-refractivity contribution in [2.75, 3.05) is 7.05 Å². The summed E-state index contributed by atoms with van der Waals surface area (Å²) in [6.07, 6.45) is 5.61. The highest BCUT2D eigenvalue weighted by Crippen LogP contribution is 2.21. The third kappa shape index (κ3) is 3.14. The summed E-state index contributed by atoms with van der Waals surface area (Å²) in [5.74, 6) is 0. The minimum Gasteiger partial charge on any atom is -0.317 e. The van der Waals surface area contributed by atoms with Crippen molar-refractivity contribution in [2.45, 2.75) is 37.9 Å². The van der Waals surface area contributed by atoms with E-state index in [2.05, 4.69) is 15.6 Å². The Labute approximate surface area is 99.2 Å². The number of nitrogens with zero attached hydrogens (tertiary/aromatic N) is 1. The van der Waals surface area contributed by atoms with E-state index in [1.807, 2.05) is 13.2 Å². The lowest BCUT2D eigenvalue weighted by Crippen LogP contribution is -2.29. The van der Waals surface area contributed by atoms with Gasteiger partial charge < -0.3 is 10.6 Å². The summed E-state index contributed by atoms with van der Waals surface area (Å²) in [4.78, 5) is 5.24. The van der Waals surface area contributed by atoms with E-state index in [1.165, 1.54) is 24.1 Å². The molecular formula is C10H16ClN3S. The quantitative estimate of drug-likeness (QED) is 0.853. The predicted molar refractivity (Wildman–Crippen MR) is 64.5 cm³/mol. The molecule has 0 aromatic carbocycles. The van der Waals surface area contributed by atoms with Crippen molar-refractivity contribution in [1.29, 1.82) is 0 Å². The fourth-order valence-electron chi connectivity index (χ4n) is 2.04. The van der Waals surface area contributed by atoms with Crippen molar-refractivity contribution in [3.05, 3.63) is 15.5 Å². The molecule has 1 aliphatic rings. The maximum Gasteiger partial charge on any atom is 0.183 e. The van der Waals surface area contributed by atoms with Crippen molar-refractivity contribution < 1.29 is 0 Å². The highest BCUT2D eigenvalue weighted by Gasteiger charge is 2.22. The summed E-state index contributed by atoms with van der Waals surface area (Å²) in [5.41, 5.74) is 0. The molecule has 2 N–H and O–H groups in total. The lowest BCUT2D eigenvalue weighted by atomic mass is 10.2. The zero-order chi connectivity index (χ0) is 10.7. The molecule has 0 bridgehead atoms. The fraction of sp³-hybridized carbons (Fsp3) is 0.700. The Hall–Kier alpha value is -0.160. The Bertz CT molecular complexity index is 315. The summed E-state index contributed by atoms with van der Waals surface area (Å²) in [7, 11) is 2.04. The van der Waals surface area contributed by atoms with Gasteiger partial charge in [0.05, 0.1) is 0 Å². The van der Waals surface area contributed by atoms with Gasteiger partial charge in [-0.25, -0.2) is 4.98 Å². The summed E-state index contributed by atoms with van der Waals surface area (Å²) in [5, 5.41) is 6.87. The molecule has 1 aliphatic carbocycles. The molecule has 0 saturated heterocycles. The van der Waals surface area contributed by atoms with Gasteiger partial charge in [-0.3, -0.25) is 0 Å². The van der Waals surface area contributed by atoms with Crippen LogP contribution in [0.3, 0.4) is 0 Å². The molecule has 3 nitrogen and oxygen atoms in total. The number of hydrogen-bond donors (Lipinski definition) is 2. The molecule has 1 fully saturated rings. The third-order valence-electron chi connectivity index (χ3n) is 2.93. The van der Waals surface area contributed by atoms with Crippen LogP contribution in [0, 0.1) is 0 Å². The monoisotopic (exact) mass is 245 g/mol. The van der Waals surface area contributed by atoms with Crippen LogP contribution >= 0.6 is 22.9 Å². The van der Waals surface area contributed by atoms with Gasteiger partial charge in [-0.2, -0.15) is 0 Å². The van der Waals surface area contributed by atoms with E-state index >= 15 is 0 Å². The van der Waals surface area contributed by atoms with Crippen LogP contribution in [-0.2, 0) is 6.54 Å². The van der Waals surface area contributed by atoms with E-state index in [1.54, 1.807) is 11.3 Å². The van der Waals surface area contributed by atoms with Crippen LogP contribution < -0.4 is 10.6 Å². The first-order valence-corrected chi connectivity index (χ1v) is 6.48. The maximum absolute atomic E-state index is 5.77. The Balaban J connectivity index is 1.75. The number of halogens is 1. The topological polar surface area (TPSA) is 37.0 Å². The summed E-state index contributed by atoms with van der Waals surface area (Å²) in [6.45, 7) is 0.894. The minimum atomic E-state index is 0.631. The molecule has 0 amide bonds. The second-order valence-electron chi connectivity index (χ2n) is 3.96. The van der Waals surface area contributed by atoms with E-state index < -0.39 is 0 Å². The summed E-state index contributed by atoms with van der Waals surface area (Å²) >= 11 is 7.32. The highest BCUT2D eigenvalue weighted by molar-refractivity contribution is 7.15. The maximum atomic E-state index is 5.77. The molecule has 5 heteroatoms. The molecule has 84 valence electrons. The molecule has 1 aromatic heterocycles. The number of thiazole rings is 1. The van der Waals surface area contributed by atoms with Crippen LogP contribution in [0.2, 0.25) is 4.47 Å². The highest BCUT2D eigenvalue weighted by atomic mass is 35.5. The first kappa shape index (κ1) is 11.3. The largest absolute Gasteiger partial charge is 0.317 e. The normalized spacial score (nSPS) is 26.0. The van der Waals surface area contributed by atoms with Crippen LogP contribution in [-0.4, -0.2) is 24.1 Å². The summed E-state index contributed by atoms with van der Waals surface area (Å²) in [6, 6.07) is 1.33. The van der Waals surface area contributed by atoms with Crippen LogP contribution in [0.4, 0.5) is 0 Å². The smallest absolute Gasteiger partial charge is 0.183 e. The average molecular weight is 246 g/mol. The average Bonchev–Trinajstić information content (AvgIpc) is 2.83. The number of nitrogens with one attached hydrogen (secondary N) is 2. The zero-order valence-electron chi connectivity index (χ0n) is 8.79. The summed E-state index contributed by atoms with van der Waals surface area (Å²) < 4.78 is 0.631. The molecule has 0 radical (unpaired) electrons. The molecule has 15 heavy (non-hydrogen) atoms. The molecular weight excluding hydrogens is 230 g/mol. The SMILES string of the molecule is CN[C@@H]1CC[C@H](NCc2cnc(Cl)s2)C1. The van der Waals surface area contributed by atoms with Gasteiger partial charge in [-0.05, 0) is 26.3 Å². The van der Waals surface area contributed by atoms with Gasteiger partial charge in [-0.1, -0.05) is 11.6 Å². The molecule has 1 saturated carbocycles. The lowest BCUT2D eigenvalue weighted by molar-refractivity contribution is 0.502. The minimum absolute atomic E-state index is 0.631. The Morgan fingerprint density at radius 3 is 2.93 bits per heavy atom. The van der Waals surface area contributed by atoms with E-state index in [0.717, 1.165) is 6.54 Å². The van der Waals surface area contributed by atoms with E-state index in [4.69, 9.17) is 11.6 Å². The lowest BCUT2D eigenvalue weighted by Gasteiger charge is -2.11. The van der Waals surface area contributed by atoms with Crippen molar-refractivity contribution in [3.8, 4) is 0 Å². The number of rotatable bonds is 4. The van der Waals surface area contributed by atoms with Crippen LogP contribution in [0.25, 0.3) is 0 Å². The van der Waals surface area contributed by atoms with Crippen LogP contribution in [0.5, 0.6) is 0 Å². The number of hydrogen-bond acceptors (Lipinski definition) is 4. The first-order valence-electron chi connectivity index (χ1n) is 5.29. The van der Waals surface area contributed by atoms with Crippen molar-refractivity contribution in [2.24, 2.45) is 0 Å². The molecule has 2 atom stereocenters. The molecule has 0 unspecified atom stereocenters. The van der Waals surface area contributed by atoms with Gasteiger partial charge in [-0.15, -0.1) is 11.3 Å². The standard InChI is InChI=1S/C10H16ClN3S/c1-12-7-2-3-8(4-7)13-5-9-6-14-10(11)15-9/h6-8,12-13H,2-5H2,1H3/t7-,8+/m1/s1. The first-order chi connectivity index (χ1) is 7.28. The predicted octanol–water partition coefficient (Wildman–Crippen LogP) is 2.03. The van der Waals surface area contributed by atoms with Crippen molar-refractivity contribution in [3.63, 3.8) is 0 Å². The molecule has 1 aromatic rings. The van der Waals surface area contributed by atoms with Crippen molar-refractivity contribution >= 4 is 22.9 Å². The zero-order valence-corrected chi connectivity index (χ0v) is 10.4. The van der Waals surface area contributed by atoms with Gasteiger partial charge in [0.1, 0.15) is 0 Å². The third-order valence-corrected chi connectivity index (χ3v) is 4.05. The molecule has 0 aliphatic heterocycles. The molecule has 0 spiro atoms. The second kappa shape index (κ2) is 5.25. The van der Waals surface area contributed by atoms with E-state index in [9.17, 15) is 0 Å². The Morgan fingerprint density at radius 2 is 2.33 bits per heavy atom. The second-order valence-corrected chi connectivity index (χ2v) is 5.65. The molecule has 2 rings (SSSR count). The van der Waals surface area contributed by atoms with E-state index in [0.29, 0.717) is 16.6 Å². The van der Waals surface area contributed by atoms with Gasteiger partial charge in [0.25, 0.3) is 0 Å². The Kier molecular flexibility index (Phi) is 3.97. The van der Waals surface area contributed by atoms with Gasteiger partial charge in [0.15, 0.2) is 4.47 Å². The van der Waals surface area contributed by atoms with Crippen LogP contribution in [0.1, 0.15) is 24.1 Å². The van der Waals surface area contributed by atoms with E-state index in [-0.39, 0.29) is 0 Å². The van der Waals surface area contributed by atoms with Gasteiger partial charge in [0, 0.05) is 29.7 Å².